The Morgan fingerprint density at radius 1 is 1.06 bits per heavy atom. The Morgan fingerprint density at radius 2 is 1.88 bits per heavy atom. The molecule has 0 saturated heterocycles. The first kappa shape index (κ1) is 20.9. The monoisotopic (exact) mass is 476 g/mol. The molecule has 5 aromatic rings. The number of hydrogen-bond acceptors (Lipinski definition) is 6. The fourth-order valence-corrected chi connectivity index (χ4v) is 5.46. The molecule has 5 rings (SSSR count). The van der Waals surface area contributed by atoms with E-state index in [0.29, 0.717) is 32.7 Å². The maximum absolute atomic E-state index is 13.3. The van der Waals surface area contributed by atoms with Crippen molar-refractivity contribution < 1.29 is 0 Å². The maximum Gasteiger partial charge on any atom is 0.267 e. The van der Waals surface area contributed by atoms with Crippen molar-refractivity contribution in [2.45, 2.75) is 17.8 Å². The van der Waals surface area contributed by atoms with Crippen molar-refractivity contribution in [1.82, 2.24) is 19.5 Å². The van der Waals surface area contributed by atoms with Crippen LogP contribution in [-0.4, -0.2) is 19.5 Å². The van der Waals surface area contributed by atoms with Gasteiger partial charge in [0.05, 0.1) is 21.6 Å². The molecule has 0 atom stereocenters. The number of pyridine rings is 1. The number of rotatable bonds is 5. The average Bonchev–Trinajstić information content (AvgIpc) is 3.27. The van der Waals surface area contributed by atoms with Crippen LogP contribution in [0.15, 0.2) is 82.2 Å². The number of fused-ring (bicyclic) bond motifs is 1. The van der Waals surface area contributed by atoms with Gasteiger partial charge in [-0.2, -0.15) is 0 Å². The van der Waals surface area contributed by atoms with Crippen LogP contribution in [0.1, 0.15) is 11.3 Å². The minimum Gasteiger partial charge on any atom is -0.268 e. The fraction of sp³-hybridized carbons (Fsp3) is 0.0833. The van der Waals surface area contributed by atoms with Crippen LogP contribution >= 0.6 is 34.7 Å². The van der Waals surface area contributed by atoms with Gasteiger partial charge in [0.1, 0.15) is 10.8 Å². The molecule has 0 fully saturated rings. The third-order valence-corrected chi connectivity index (χ3v) is 7.11. The maximum atomic E-state index is 13.3. The Kier molecular flexibility index (Phi) is 5.78. The second-order valence-electron chi connectivity index (χ2n) is 7.16. The predicted octanol–water partition coefficient (Wildman–Crippen LogP) is 6.16. The summed E-state index contributed by atoms with van der Waals surface area (Å²) in [6, 6.07) is 18.8. The molecule has 0 bridgehead atoms. The van der Waals surface area contributed by atoms with Crippen molar-refractivity contribution in [3.05, 3.63) is 98.9 Å². The van der Waals surface area contributed by atoms with Gasteiger partial charge in [-0.25, -0.2) is 19.5 Å². The van der Waals surface area contributed by atoms with Gasteiger partial charge in [-0.15, -0.1) is 11.3 Å². The van der Waals surface area contributed by atoms with Crippen molar-refractivity contribution in [1.29, 1.82) is 0 Å². The van der Waals surface area contributed by atoms with Crippen LogP contribution in [-0.2, 0) is 5.75 Å². The van der Waals surface area contributed by atoms with Crippen molar-refractivity contribution in [2.75, 3.05) is 0 Å². The molecule has 3 aromatic heterocycles. The number of aromatic nitrogens is 4. The van der Waals surface area contributed by atoms with E-state index in [-0.39, 0.29) is 5.56 Å². The van der Waals surface area contributed by atoms with Crippen molar-refractivity contribution >= 4 is 45.6 Å². The zero-order valence-corrected chi connectivity index (χ0v) is 19.4. The molecule has 158 valence electrons. The third kappa shape index (κ3) is 4.07. The summed E-state index contributed by atoms with van der Waals surface area (Å²) in [4.78, 5) is 27.3. The minimum absolute atomic E-state index is 0.133. The van der Waals surface area contributed by atoms with E-state index in [9.17, 15) is 4.79 Å². The number of thioether (sulfide) groups is 1. The lowest BCUT2D eigenvalue weighted by Gasteiger charge is -2.12. The standard InChI is InChI=1S/C24H17ClN4OS2/c1-15-10-11-26-21(12-15)29-23(30)18-7-3-5-9-20(18)28-24(29)32-14-16-13-31-22(27-16)17-6-2-4-8-19(17)25/h2-13H,14H2,1H3. The summed E-state index contributed by atoms with van der Waals surface area (Å²) < 4.78 is 1.58. The molecular formula is C24H17ClN4OS2. The summed E-state index contributed by atoms with van der Waals surface area (Å²) in [5.41, 5.74) is 3.38. The van der Waals surface area contributed by atoms with Crippen LogP contribution in [0, 0.1) is 6.92 Å². The van der Waals surface area contributed by atoms with Crippen LogP contribution < -0.4 is 5.56 Å². The highest BCUT2D eigenvalue weighted by Gasteiger charge is 2.15. The van der Waals surface area contributed by atoms with E-state index in [1.807, 2.05) is 66.9 Å². The molecule has 3 heterocycles. The molecule has 0 aliphatic rings. The molecule has 0 spiro atoms. The Balaban J connectivity index is 1.53. The Labute approximate surface area is 197 Å². The van der Waals surface area contributed by atoms with Crippen molar-refractivity contribution in [3.8, 4) is 16.4 Å². The molecule has 32 heavy (non-hydrogen) atoms. The summed E-state index contributed by atoms with van der Waals surface area (Å²) >= 11 is 9.34. The van der Waals surface area contributed by atoms with E-state index in [4.69, 9.17) is 21.6 Å². The molecule has 5 nitrogen and oxygen atoms in total. The molecule has 0 radical (unpaired) electrons. The second kappa shape index (κ2) is 8.86. The lowest BCUT2D eigenvalue weighted by Crippen LogP contribution is -2.22. The number of aryl methyl sites for hydroxylation is 1. The first-order valence-electron chi connectivity index (χ1n) is 9.87. The van der Waals surface area contributed by atoms with Crippen molar-refractivity contribution in [2.24, 2.45) is 0 Å². The molecule has 0 N–H and O–H groups in total. The number of nitrogens with zero attached hydrogens (tertiary/aromatic N) is 4. The van der Waals surface area contributed by atoms with Crippen LogP contribution in [0.4, 0.5) is 0 Å². The lowest BCUT2D eigenvalue weighted by molar-refractivity contribution is 0.794. The van der Waals surface area contributed by atoms with Crippen LogP contribution in [0.25, 0.3) is 27.3 Å². The Morgan fingerprint density at radius 3 is 2.72 bits per heavy atom. The Bertz CT molecular complexity index is 1500. The Hall–Kier alpha value is -3.00. The number of benzene rings is 2. The largest absolute Gasteiger partial charge is 0.268 e. The molecule has 8 heteroatoms. The van der Waals surface area contributed by atoms with Gasteiger partial charge in [-0.05, 0) is 42.8 Å². The van der Waals surface area contributed by atoms with Crippen LogP contribution in [0.5, 0.6) is 0 Å². The van der Waals surface area contributed by atoms with Crippen LogP contribution in [0.3, 0.4) is 0 Å². The number of hydrogen-bond donors (Lipinski definition) is 0. The first-order valence-corrected chi connectivity index (χ1v) is 12.1. The molecule has 0 saturated carbocycles. The summed E-state index contributed by atoms with van der Waals surface area (Å²) in [7, 11) is 0. The molecular weight excluding hydrogens is 460 g/mol. The minimum atomic E-state index is -0.133. The van der Waals surface area contributed by atoms with Gasteiger partial charge in [0.2, 0.25) is 0 Å². The fourth-order valence-electron chi connectivity index (χ4n) is 3.32. The van der Waals surface area contributed by atoms with Gasteiger partial charge in [0.25, 0.3) is 5.56 Å². The number of halogens is 1. The van der Waals surface area contributed by atoms with Gasteiger partial charge in [0.15, 0.2) is 5.16 Å². The van der Waals surface area contributed by atoms with E-state index in [1.165, 1.54) is 11.8 Å². The number of thiazole rings is 1. The average molecular weight is 477 g/mol. The van der Waals surface area contributed by atoms with Gasteiger partial charge in [0, 0.05) is 22.9 Å². The van der Waals surface area contributed by atoms with Gasteiger partial charge < -0.3 is 0 Å². The normalized spacial score (nSPS) is 11.2. The zero-order valence-electron chi connectivity index (χ0n) is 17.0. The molecule has 2 aromatic carbocycles. The topological polar surface area (TPSA) is 60.7 Å². The lowest BCUT2D eigenvalue weighted by atomic mass is 10.2. The molecule has 0 amide bonds. The summed E-state index contributed by atoms with van der Waals surface area (Å²) in [5.74, 6) is 1.13. The van der Waals surface area contributed by atoms with Gasteiger partial charge in [-0.1, -0.05) is 53.7 Å². The first-order chi connectivity index (χ1) is 15.6. The smallest absolute Gasteiger partial charge is 0.267 e. The van der Waals surface area contributed by atoms with E-state index in [0.717, 1.165) is 21.8 Å². The molecule has 0 aliphatic heterocycles. The predicted molar refractivity (Wildman–Crippen MR) is 132 cm³/mol. The highest BCUT2D eigenvalue weighted by atomic mass is 35.5. The highest BCUT2D eigenvalue weighted by molar-refractivity contribution is 7.98. The van der Waals surface area contributed by atoms with E-state index in [2.05, 4.69) is 4.98 Å². The highest BCUT2D eigenvalue weighted by Crippen LogP contribution is 2.32. The summed E-state index contributed by atoms with van der Waals surface area (Å²) in [6.07, 6.45) is 1.71. The van der Waals surface area contributed by atoms with Gasteiger partial charge >= 0.3 is 0 Å². The van der Waals surface area contributed by atoms with Crippen molar-refractivity contribution in [3.63, 3.8) is 0 Å². The molecule has 0 aliphatic carbocycles. The zero-order chi connectivity index (χ0) is 22.1. The van der Waals surface area contributed by atoms with E-state index in [1.54, 1.807) is 28.2 Å². The third-order valence-electron chi connectivity index (χ3n) is 4.88. The SMILES string of the molecule is Cc1ccnc(-n2c(SCc3csc(-c4ccccc4Cl)n3)nc3ccccc3c2=O)c1. The quantitative estimate of drug-likeness (QED) is 0.224. The van der Waals surface area contributed by atoms with Gasteiger partial charge in [-0.3, -0.25) is 4.79 Å². The summed E-state index contributed by atoms with van der Waals surface area (Å²) in [5, 5.41) is 4.71. The van der Waals surface area contributed by atoms with E-state index >= 15 is 0 Å². The molecule has 0 unspecified atom stereocenters. The van der Waals surface area contributed by atoms with Crippen LogP contribution in [0.2, 0.25) is 5.02 Å². The van der Waals surface area contributed by atoms with E-state index < -0.39 is 0 Å². The number of para-hydroxylation sites is 1. The summed E-state index contributed by atoms with van der Waals surface area (Å²) in [6.45, 7) is 1.98. The second-order valence-corrected chi connectivity index (χ2v) is 9.36.